The fraction of sp³-hybridized carbons (Fsp3) is 0.111. The number of anilines is 1. The van der Waals surface area contributed by atoms with E-state index in [-0.39, 0.29) is 30.0 Å². The Morgan fingerprint density at radius 1 is 1.03 bits per heavy atom. The third-order valence-electron chi connectivity index (χ3n) is 4.04. The minimum atomic E-state index is -0.567. The van der Waals surface area contributed by atoms with Crippen LogP contribution in [0, 0.1) is 20.2 Å². The summed E-state index contributed by atoms with van der Waals surface area (Å²) >= 11 is 0. The molecule has 0 aliphatic heterocycles. The average Bonchev–Trinajstić information content (AvgIpc) is 3.25. The SMILES string of the molecule is O=C(NCCNc1ccccc1[N+](=O)[O-])c1ccc(-n2ccnc2)c([N+](=O)[O-])c1. The Kier molecular flexibility index (Phi) is 5.78. The van der Waals surface area contributed by atoms with E-state index in [2.05, 4.69) is 15.6 Å². The molecule has 11 nitrogen and oxygen atoms in total. The summed E-state index contributed by atoms with van der Waals surface area (Å²) in [6, 6.07) is 10.3. The number of imidazole rings is 1. The summed E-state index contributed by atoms with van der Waals surface area (Å²) in [7, 11) is 0. The van der Waals surface area contributed by atoms with Gasteiger partial charge in [0.25, 0.3) is 17.3 Å². The molecule has 3 rings (SSSR count). The van der Waals surface area contributed by atoms with Gasteiger partial charge in [0.15, 0.2) is 0 Å². The zero-order chi connectivity index (χ0) is 20.8. The van der Waals surface area contributed by atoms with Crippen LogP contribution in [0.25, 0.3) is 5.69 Å². The van der Waals surface area contributed by atoms with Gasteiger partial charge in [0.1, 0.15) is 11.4 Å². The molecule has 0 saturated heterocycles. The number of carbonyl (C=O) groups is 1. The monoisotopic (exact) mass is 396 g/mol. The second-order valence-electron chi connectivity index (χ2n) is 5.89. The number of hydrogen-bond acceptors (Lipinski definition) is 7. The lowest BCUT2D eigenvalue weighted by Crippen LogP contribution is -2.29. The molecular formula is C18H16N6O5. The highest BCUT2D eigenvalue weighted by atomic mass is 16.6. The van der Waals surface area contributed by atoms with Gasteiger partial charge >= 0.3 is 0 Å². The van der Waals surface area contributed by atoms with E-state index in [0.29, 0.717) is 11.4 Å². The van der Waals surface area contributed by atoms with Crippen molar-refractivity contribution in [3.8, 4) is 5.69 Å². The molecule has 0 atom stereocenters. The van der Waals surface area contributed by atoms with Crippen LogP contribution in [-0.2, 0) is 0 Å². The first kappa shape index (κ1) is 19.5. The number of hydrogen-bond donors (Lipinski definition) is 2. The van der Waals surface area contributed by atoms with Crippen LogP contribution in [0.5, 0.6) is 0 Å². The van der Waals surface area contributed by atoms with Gasteiger partial charge in [0.2, 0.25) is 0 Å². The first-order valence-electron chi connectivity index (χ1n) is 8.49. The van der Waals surface area contributed by atoms with Gasteiger partial charge in [0.05, 0.1) is 16.2 Å². The van der Waals surface area contributed by atoms with Crippen LogP contribution in [0.4, 0.5) is 17.1 Å². The number of nitro benzene ring substituents is 2. The molecule has 0 aliphatic carbocycles. The highest BCUT2D eigenvalue weighted by Crippen LogP contribution is 2.24. The standard InChI is InChI=1S/C18H16N6O5/c25-18(21-8-7-20-14-3-1-2-4-15(14)23(26)27)13-5-6-16(17(11-13)24(28)29)22-10-9-19-12-22/h1-6,9-12,20H,7-8H2,(H,21,25). The number of rotatable bonds is 8. The molecule has 0 fully saturated rings. The van der Waals surface area contributed by atoms with E-state index in [1.165, 1.54) is 41.4 Å². The zero-order valence-corrected chi connectivity index (χ0v) is 15.0. The van der Waals surface area contributed by atoms with Crippen molar-refractivity contribution >= 4 is 23.0 Å². The summed E-state index contributed by atoms with van der Waals surface area (Å²) < 4.78 is 1.48. The molecule has 148 valence electrons. The maximum atomic E-state index is 12.3. The van der Waals surface area contributed by atoms with Gasteiger partial charge < -0.3 is 15.2 Å². The highest BCUT2D eigenvalue weighted by Gasteiger charge is 2.18. The Balaban J connectivity index is 1.63. The summed E-state index contributed by atoms with van der Waals surface area (Å²) in [5.74, 6) is -0.491. The van der Waals surface area contributed by atoms with Crippen molar-refractivity contribution in [3.63, 3.8) is 0 Å². The third-order valence-corrected chi connectivity index (χ3v) is 4.04. The lowest BCUT2D eigenvalue weighted by molar-refractivity contribution is -0.384. The Labute approximate surface area is 164 Å². The molecule has 2 N–H and O–H groups in total. The normalized spacial score (nSPS) is 10.3. The molecule has 1 heterocycles. The molecule has 11 heteroatoms. The minimum absolute atomic E-state index is 0.0652. The molecule has 0 unspecified atom stereocenters. The third kappa shape index (κ3) is 4.53. The zero-order valence-electron chi connectivity index (χ0n) is 15.0. The molecule has 3 aromatic rings. The lowest BCUT2D eigenvalue weighted by Gasteiger charge is -2.09. The van der Waals surface area contributed by atoms with Crippen LogP contribution in [0.15, 0.2) is 61.2 Å². The number of nitrogens with one attached hydrogen (secondary N) is 2. The van der Waals surface area contributed by atoms with Crippen LogP contribution >= 0.6 is 0 Å². The van der Waals surface area contributed by atoms with Crippen LogP contribution < -0.4 is 10.6 Å². The fourth-order valence-corrected chi connectivity index (χ4v) is 2.69. The fourth-order valence-electron chi connectivity index (χ4n) is 2.69. The number of amides is 1. The quantitative estimate of drug-likeness (QED) is 0.338. The van der Waals surface area contributed by atoms with Crippen LogP contribution in [0.1, 0.15) is 10.4 Å². The molecule has 0 bridgehead atoms. The Morgan fingerprint density at radius 2 is 1.79 bits per heavy atom. The summed E-state index contributed by atoms with van der Waals surface area (Å²) in [4.78, 5) is 37.5. The Hall–Kier alpha value is -4.28. The van der Waals surface area contributed by atoms with Crippen LogP contribution in [0.2, 0.25) is 0 Å². The maximum Gasteiger partial charge on any atom is 0.294 e. The van der Waals surface area contributed by atoms with E-state index in [9.17, 15) is 25.0 Å². The van der Waals surface area contributed by atoms with E-state index >= 15 is 0 Å². The topological polar surface area (TPSA) is 145 Å². The molecule has 1 aromatic heterocycles. The molecule has 1 amide bonds. The Morgan fingerprint density at radius 3 is 2.48 bits per heavy atom. The molecule has 0 saturated carbocycles. The summed E-state index contributed by atoms with van der Waals surface area (Å²) in [6.07, 6.45) is 4.49. The van der Waals surface area contributed by atoms with Crippen molar-refractivity contribution in [2.75, 3.05) is 18.4 Å². The number of aromatic nitrogens is 2. The molecule has 0 spiro atoms. The predicted octanol–water partition coefficient (Wildman–Crippen LogP) is 2.53. The predicted molar refractivity (Wildman–Crippen MR) is 104 cm³/mol. The number of carbonyl (C=O) groups excluding carboxylic acids is 1. The average molecular weight is 396 g/mol. The smallest absolute Gasteiger partial charge is 0.294 e. The Bertz CT molecular complexity index is 1050. The number of nitrogens with zero attached hydrogens (tertiary/aromatic N) is 4. The number of benzene rings is 2. The van der Waals surface area contributed by atoms with Crippen molar-refractivity contribution in [1.29, 1.82) is 0 Å². The van der Waals surface area contributed by atoms with Crippen molar-refractivity contribution in [2.45, 2.75) is 0 Å². The summed E-state index contributed by atoms with van der Waals surface area (Å²) in [6.45, 7) is 0.410. The van der Waals surface area contributed by atoms with Crippen molar-refractivity contribution in [3.05, 3.63) is 87.0 Å². The first-order valence-corrected chi connectivity index (χ1v) is 8.49. The molecular weight excluding hydrogens is 380 g/mol. The molecule has 2 aromatic carbocycles. The van der Waals surface area contributed by atoms with Gasteiger partial charge in [-0.3, -0.25) is 25.0 Å². The van der Waals surface area contributed by atoms with E-state index in [4.69, 9.17) is 0 Å². The van der Waals surface area contributed by atoms with E-state index < -0.39 is 15.8 Å². The first-order chi connectivity index (χ1) is 14.0. The van der Waals surface area contributed by atoms with E-state index in [1.807, 2.05) is 0 Å². The van der Waals surface area contributed by atoms with Crippen molar-refractivity contribution in [1.82, 2.24) is 14.9 Å². The lowest BCUT2D eigenvalue weighted by atomic mass is 10.1. The van der Waals surface area contributed by atoms with Crippen molar-refractivity contribution in [2.24, 2.45) is 0 Å². The summed E-state index contributed by atoms with van der Waals surface area (Å²) in [5, 5.41) is 27.9. The van der Waals surface area contributed by atoms with Gasteiger partial charge in [-0.15, -0.1) is 0 Å². The van der Waals surface area contributed by atoms with Crippen molar-refractivity contribution < 1.29 is 14.6 Å². The van der Waals surface area contributed by atoms with Crippen LogP contribution in [0.3, 0.4) is 0 Å². The molecule has 0 aliphatic rings. The maximum absolute atomic E-state index is 12.3. The van der Waals surface area contributed by atoms with Gasteiger partial charge in [-0.05, 0) is 18.2 Å². The summed E-state index contributed by atoms with van der Waals surface area (Å²) in [5.41, 5.74) is 0.471. The highest BCUT2D eigenvalue weighted by molar-refractivity contribution is 5.95. The second kappa shape index (κ2) is 8.61. The molecule has 29 heavy (non-hydrogen) atoms. The van der Waals surface area contributed by atoms with E-state index in [0.717, 1.165) is 0 Å². The van der Waals surface area contributed by atoms with Gasteiger partial charge in [0, 0.05) is 43.2 Å². The minimum Gasteiger partial charge on any atom is -0.378 e. The van der Waals surface area contributed by atoms with Crippen LogP contribution in [-0.4, -0.2) is 38.4 Å². The second-order valence-corrected chi connectivity index (χ2v) is 5.89. The largest absolute Gasteiger partial charge is 0.378 e. The van der Waals surface area contributed by atoms with E-state index in [1.54, 1.807) is 24.4 Å². The van der Waals surface area contributed by atoms with Gasteiger partial charge in [-0.1, -0.05) is 12.1 Å². The number of para-hydroxylation sites is 2. The van der Waals surface area contributed by atoms with Gasteiger partial charge in [-0.25, -0.2) is 4.98 Å². The number of nitro groups is 2. The molecule has 0 radical (unpaired) electrons. The van der Waals surface area contributed by atoms with Gasteiger partial charge in [-0.2, -0.15) is 0 Å².